The second-order valence-electron chi connectivity index (χ2n) is 8.22. The minimum absolute atomic E-state index is 0.00232. The number of benzene rings is 2. The number of ether oxygens (including phenoxy) is 4. The van der Waals surface area contributed by atoms with Gasteiger partial charge in [0.2, 0.25) is 0 Å². The Bertz CT molecular complexity index is 1080. The molecular formula is C25H28N2O7. The molecule has 0 N–H and O–H groups in total. The first kappa shape index (κ1) is 23.6. The number of Topliss-reactive ketones (excluding diaryl/α,β-unsaturated/α-hetero) is 1. The first-order valence-electron chi connectivity index (χ1n) is 11.2. The van der Waals surface area contributed by atoms with Crippen molar-refractivity contribution < 1.29 is 33.3 Å². The molecule has 2 aliphatic heterocycles. The van der Waals surface area contributed by atoms with Gasteiger partial charge >= 0.3 is 12.1 Å². The second-order valence-corrected chi connectivity index (χ2v) is 8.22. The summed E-state index contributed by atoms with van der Waals surface area (Å²) in [6.07, 6.45) is 0.250. The van der Waals surface area contributed by atoms with E-state index >= 15 is 0 Å². The summed E-state index contributed by atoms with van der Waals surface area (Å²) in [6.45, 7) is 3.15. The fourth-order valence-corrected chi connectivity index (χ4v) is 4.05. The predicted octanol–water partition coefficient (Wildman–Crippen LogP) is 2.69. The lowest BCUT2D eigenvalue weighted by atomic mass is 10.0. The van der Waals surface area contributed by atoms with E-state index in [9.17, 15) is 14.4 Å². The average molecular weight is 469 g/mol. The summed E-state index contributed by atoms with van der Waals surface area (Å²) in [6, 6.07) is 10.6. The number of rotatable bonds is 8. The van der Waals surface area contributed by atoms with Gasteiger partial charge in [0.1, 0.15) is 12.4 Å². The highest BCUT2D eigenvalue weighted by atomic mass is 16.6. The van der Waals surface area contributed by atoms with Crippen LogP contribution in [0.1, 0.15) is 27.9 Å². The molecule has 1 saturated heterocycles. The third-order valence-electron chi connectivity index (χ3n) is 6.04. The molecule has 0 radical (unpaired) electrons. The third-order valence-corrected chi connectivity index (χ3v) is 6.04. The van der Waals surface area contributed by atoms with Crippen molar-refractivity contribution in [3.63, 3.8) is 0 Å². The molecule has 0 saturated carbocycles. The van der Waals surface area contributed by atoms with E-state index in [1.165, 1.54) is 0 Å². The van der Waals surface area contributed by atoms with E-state index in [2.05, 4.69) is 4.90 Å². The topological polar surface area (TPSA) is 94.6 Å². The largest absolute Gasteiger partial charge is 0.493 e. The van der Waals surface area contributed by atoms with Crippen molar-refractivity contribution in [2.45, 2.75) is 19.4 Å². The van der Waals surface area contributed by atoms with Crippen molar-refractivity contribution in [1.82, 2.24) is 9.80 Å². The molecule has 0 spiro atoms. The number of fused-ring (bicyclic) bond motifs is 1. The SMILES string of the molecule is COc1ccc(COC(=O)N2CCN(CCC(=O)c3ccc4c(c3)OC(=O)C4)CC2)cc1OC. The van der Waals surface area contributed by atoms with Crippen molar-refractivity contribution in [2.75, 3.05) is 46.9 Å². The average Bonchev–Trinajstić information content (AvgIpc) is 3.25. The van der Waals surface area contributed by atoms with Crippen LogP contribution < -0.4 is 14.2 Å². The van der Waals surface area contributed by atoms with E-state index in [1.807, 2.05) is 6.07 Å². The Kier molecular flexibility index (Phi) is 7.32. The van der Waals surface area contributed by atoms with Gasteiger partial charge in [-0.05, 0) is 23.8 Å². The minimum atomic E-state index is -0.363. The van der Waals surface area contributed by atoms with E-state index < -0.39 is 0 Å². The normalized spacial score (nSPS) is 15.5. The van der Waals surface area contributed by atoms with E-state index in [0.717, 1.165) is 11.1 Å². The molecule has 0 bridgehead atoms. The molecule has 9 nitrogen and oxygen atoms in total. The number of nitrogens with zero attached hydrogens (tertiary/aromatic N) is 2. The maximum Gasteiger partial charge on any atom is 0.410 e. The van der Waals surface area contributed by atoms with Gasteiger partial charge in [-0.2, -0.15) is 0 Å². The molecule has 2 aromatic rings. The Morgan fingerprint density at radius 1 is 0.971 bits per heavy atom. The second kappa shape index (κ2) is 10.6. The van der Waals surface area contributed by atoms with Gasteiger partial charge in [0.25, 0.3) is 0 Å². The number of carbonyl (C=O) groups excluding carboxylic acids is 3. The van der Waals surface area contributed by atoms with Crippen LogP contribution in [0.15, 0.2) is 36.4 Å². The molecule has 2 aromatic carbocycles. The molecule has 0 atom stereocenters. The summed E-state index contributed by atoms with van der Waals surface area (Å²) in [5, 5.41) is 0. The Morgan fingerprint density at radius 3 is 2.47 bits per heavy atom. The highest BCUT2D eigenvalue weighted by molar-refractivity contribution is 5.97. The van der Waals surface area contributed by atoms with E-state index in [-0.39, 0.29) is 30.9 Å². The molecule has 34 heavy (non-hydrogen) atoms. The zero-order valence-electron chi connectivity index (χ0n) is 19.4. The zero-order chi connectivity index (χ0) is 24.1. The Hall–Kier alpha value is -3.59. The molecule has 1 amide bonds. The summed E-state index contributed by atoms with van der Waals surface area (Å²) in [7, 11) is 3.13. The maximum absolute atomic E-state index is 12.6. The first-order chi connectivity index (χ1) is 16.5. The summed E-state index contributed by atoms with van der Waals surface area (Å²) in [4.78, 5) is 40.3. The molecule has 9 heteroatoms. The van der Waals surface area contributed by atoms with Crippen LogP contribution in [-0.4, -0.2) is 74.6 Å². The lowest BCUT2D eigenvalue weighted by Crippen LogP contribution is -2.49. The van der Waals surface area contributed by atoms with Gasteiger partial charge < -0.3 is 23.8 Å². The minimum Gasteiger partial charge on any atom is -0.493 e. The summed E-state index contributed by atoms with van der Waals surface area (Å²) >= 11 is 0. The quantitative estimate of drug-likeness (QED) is 0.332. The van der Waals surface area contributed by atoms with Gasteiger partial charge in [0.05, 0.1) is 20.6 Å². The van der Waals surface area contributed by atoms with Crippen LogP contribution in [0, 0.1) is 0 Å². The molecular weight excluding hydrogens is 440 g/mol. The molecule has 0 aliphatic carbocycles. The highest BCUT2D eigenvalue weighted by Crippen LogP contribution is 2.28. The Labute approximate surface area is 198 Å². The lowest BCUT2D eigenvalue weighted by molar-refractivity contribution is -0.131. The molecule has 2 aliphatic rings. The van der Waals surface area contributed by atoms with E-state index in [0.29, 0.717) is 62.0 Å². The van der Waals surface area contributed by atoms with Crippen molar-refractivity contribution >= 4 is 17.8 Å². The summed E-state index contributed by atoms with van der Waals surface area (Å²) in [5.74, 6) is 1.39. The van der Waals surface area contributed by atoms with Crippen molar-refractivity contribution in [1.29, 1.82) is 0 Å². The Balaban J connectivity index is 1.20. The molecule has 180 valence electrons. The van der Waals surface area contributed by atoms with Crippen LogP contribution in [0.2, 0.25) is 0 Å². The number of hydrogen-bond acceptors (Lipinski definition) is 8. The van der Waals surface area contributed by atoms with Gasteiger partial charge in [-0.3, -0.25) is 14.5 Å². The van der Waals surface area contributed by atoms with Gasteiger partial charge in [-0.1, -0.05) is 18.2 Å². The number of ketones is 1. The van der Waals surface area contributed by atoms with Crippen LogP contribution in [0.5, 0.6) is 17.2 Å². The maximum atomic E-state index is 12.6. The smallest absolute Gasteiger partial charge is 0.410 e. The van der Waals surface area contributed by atoms with Gasteiger partial charge in [0.15, 0.2) is 17.3 Å². The third kappa shape index (κ3) is 5.48. The van der Waals surface area contributed by atoms with Crippen LogP contribution in [0.4, 0.5) is 4.79 Å². The first-order valence-corrected chi connectivity index (χ1v) is 11.2. The van der Waals surface area contributed by atoms with Gasteiger partial charge in [-0.15, -0.1) is 0 Å². The number of hydrogen-bond donors (Lipinski definition) is 0. The highest BCUT2D eigenvalue weighted by Gasteiger charge is 2.24. The van der Waals surface area contributed by atoms with Crippen molar-refractivity contribution in [3.8, 4) is 17.2 Å². The summed E-state index contributed by atoms with van der Waals surface area (Å²) < 4.78 is 21.1. The molecule has 2 heterocycles. The van der Waals surface area contributed by atoms with Crippen LogP contribution in [-0.2, 0) is 22.6 Å². The van der Waals surface area contributed by atoms with Crippen molar-refractivity contribution in [3.05, 3.63) is 53.1 Å². The fourth-order valence-electron chi connectivity index (χ4n) is 4.05. The van der Waals surface area contributed by atoms with Crippen molar-refractivity contribution in [2.24, 2.45) is 0 Å². The number of esters is 1. The molecule has 0 aromatic heterocycles. The fraction of sp³-hybridized carbons (Fsp3) is 0.400. The molecule has 1 fully saturated rings. The van der Waals surface area contributed by atoms with E-state index in [4.69, 9.17) is 18.9 Å². The molecule has 4 rings (SSSR count). The zero-order valence-corrected chi connectivity index (χ0v) is 19.4. The monoisotopic (exact) mass is 468 g/mol. The van der Waals surface area contributed by atoms with Crippen LogP contribution >= 0.6 is 0 Å². The van der Waals surface area contributed by atoms with Crippen LogP contribution in [0.25, 0.3) is 0 Å². The van der Waals surface area contributed by atoms with Crippen LogP contribution in [0.3, 0.4) is 0 Å². The number of piperazine rings is 1. The molecule has 0 unspecified atom stereocenters. The standard InChI is InChI=1S/C25H28N2O7/c1-31-21-6-3-17(13-23(21)32-2)16-33-25(30)27-11-9-26(10-12-27)8-7-20(28)18-4-5-19-15-24(29)34-22(19)14-18/h3-6,13-14H,7-12,15-16H2,1-2H3. The van der Waals surface area contributed by atoms with E-state index in [1.54, 1.807) is 49.5 Å². The van der Waals surface area contributed by atoms with Gasteiger partial charge in [-0.25, -0.2) is 4.79 Å². The Morgan fingerprint density at radius 2 is 1.74 bits per heavy atom. The summed E-state index contributed by atoms with van der Waals surface area (Å²) in [5.41, 5.74) is 2.17. The number of carbonyl (C=O) groups is 3. The lowest BCUT2D eigenvalue weighted by Gasteiger charge is -2.33. The number of amides is 1. The predicted molar refractivity (Wildman–Crippen MR) is 122 cm³/mol. The number of methoxy groups -OCH3 is 2. The van der Waals surface area contributed by atoms with Gasteiger partial charge in [0, 0.05) is 50.3 Å².